The van der Waals surface area contributed by atoms with Crippen LogP contribution in [0.3, 0.4) is 0 Å². The summed E-state index contributed by atoms with van der Waals surface area (Å²) in [6.07, 6.45) is 0.100. The molecular formula is C9H15N3O2. The number of carboxylic acid groups (broad SMARTS) is 1. The first-order valence-electron chi connectivity index (χ1n) is 4.68. The summed E-state index contributed by atoms with van der Waals surface area (Å²) >= 11 is 0. The molecule has 5 heteroatoms. The summed E-state index contributed by atoms with van der Waals surface area (Å²) in [6, 6.07) is 0. The van der Waals surface area contributed by atoms with E-state index in [1.807, 2.05) is 20.8 Å². The highest BCUT2D eigenvalue weighted by atomic mass is 16.4. The topological polar surface area (TPSA) is 68.0 Å². The molecule has 0 saturated heterocycles. The maximum Gasteiger partial charge on any atom is 0.304 e. The highest BCUT2D eigenvalue weighted by molar-refractivity contribution is 5.67. The van der Waals surface area contributed by atoms with E-state index in [0.29, 0.717) is 0 Å². The number of hydrogen-bond acceptors (Lipinski definition) is 3. The molecular weight excluding hydrogens is 182 g/mol. The minimum atomic E-state index is -0.803. The predicted molar refractivity (Wildman–Crippen MR) is 51.1 cm³/mol. The van der Waals surface area contributed by atoms with E-state index in [9.17, 15) is 4.79 Å². The quantitative estimate of drug-likeness (QED) is 0.787. The zero-order chi connectivity index (χ0) is 10.7. The van der Waals surface area contributed by atoms with Crippen molar-refractivity contribution >= 4 is 5.97 Å². The minimum absolute atomic E-state index is 0.0761. The predicted octanol–water partition coefficient (Wildman–Crippen LogP) is 1.18. The molecule has 5 nitrogen and oxygen atoms in total. The monoisotopic (exact) mass is 197 g/mol. The molecule has 1 unspecified atom stereocenters. The Morgan fingerprint density at radius 3 is 2.71 bits per heavy atom. The second-order valence-corrected chi connectivity index (χ2v) is 3.37. The number of nitrogens with zero attached hydrogens (tertiary/aromatic N) is 3. The Bertz CT molecular complexity index is 333. The lowest BCUT2D eigenvalue weighted by molar-refractivity contribution is -0.137. The Hall–Kier alpha value is -1.39. The molecule has 0 aliphatic rings. The van der Waals surface area contributed by atoms with Crippen LogP contribution in [-0.4, -0.2) is 26.1 Å². The summed E-state index contributed by atoms with van der Waals surface area (Å²) in [5, 5.41) is 16.6. The van der Waals surface area contributed by atoms with Gasteiger partial charge in [-0.3, -0.25) is 4.79 Å². The summed E-state index contributed by atoms with van der Waals surface area (Å²) in [6.45, 7) is 6.51. The van der Waals surface area contributed by atoms with Crippen LogP contribution in [0.2, 0.25) is 0 Å². The first-order chi connectivity index (χ1) is 6.56. The fourth-order valence-corrected chi connectivity index (χ4v) is 1.49. The van der Waals surface area contributed by atoms with Gasteiger partial charge in [-0.15, -0.1) is 5.10 Å². The van der Waals surface area contributed by atoms with Gasteiger partial charge in [0, 0.05) is 12.5 Å². The van der Waals surface area contributed by atoms with Gasteiger partial charge in [-0.1, -0.05) is 12.1 Å². The van der Waals surface area contributed by atoms with Crippen molar-refractivity contribution in [3.8, 4) is 0 Å². The van der Waals surface area contributed by atoms with Crippen molar-refractivity contribution in [2.45, 2.75) is 39.7 Å². The maximum absolute atomic E-state index is 10.5. The highest BCUT2D eigenvalue weighted by Crippen LogP contribution is 2.19. The minimum Gasteiger partial charge on any atom is -0.481 e. The number of carboxylic acids is 1. The zero-order valence-electron chi connectivity index (χ0n) is 8.69. The van der Waals surface area contributed by atoms with Crippen molar-refractivity contribution in [3.05, 3.63) is 11.4 Å². The Kier molecular flexibility index (Phi) is 3.22. The fourth-order valence-electron chi connectivity index (χ4n) is 1.49. The van der Waals surface area contributed by atoms with Gasteiger partial charge in [0.2, 0.25) is 0 Å². The third-order valence-electron chi connectivity index (χ3n) is 2.27. The lowest BCUT2D eigenvalue weighted by Crippen LogP contribution is -2.05. The lowest BCUT2D eigenvalue weighted by Gasteiger charge is -2.05. The van der Waals surface area contributed by atoms with Crippen molar-refractivity contribution < 1.29 is 9.90 Å². The molecule has 0 bridgehead atoms. The third-order valence-corrected chi connectivity index (χ3v) is 2.27. The van der Waals surface area contributed by atoms with Crippen LogP contribution < -0.4 is 0 Å². The Morgan fingerprint density at radius 2 is 2.29 bits per heavy atom. The van der Waals surface area contributed by atoms with Crippen LogP contribution in [0.1, 0.15) is 37.6 Å². The van der Waals surface area contributed by atoms with E-state index < -0.39 is 5.97 Å². The maximum atomic E-state index is 10.5. The number of carbonyl (C=O) groups is 1. The second-order valence-electron chi connectivity index (χ2n) is 3.37. The normalized spacial score (nSPS) is 12.8. The smallest absolute Gasteiger partial charge is 0.304 e. The molecule has 0 radical (unpaired) electrons. The molecule has 0 spiro atoms. The summed E-state index contributed by atoms with van der Waals surface area (Å²) in [7, 11) is 0. The van der Waals surface area contributed by atoms with Gasteiger partial charge in [-0.05, 0) is 13.8 Å². The summed E-state index contributed by atoms with van der Waals surface area (Å²) < 4.78 is 1.77. The van der Waals surface area contributed by atoms with E-state index in [1.165, 1.54) is 0 Å². The molecule has 0 aliphatic carbocycles. The molecule has 14 heavy (non-hydrogen) atoms. The highest BCUT2D eigenvalue weighted by Gasteiger charge is 2.17. The molecule has 0 amide bonds. The van der Waals surface area contributed by atoms with Crippen molar-refractivity contribution in [1.82, 2.24) is 15.0 Å². The van der Waals surface area contributed by atoms with E-state index in [2.05, 4.69) is 10.3 Å². The number of aryl methyl sites for hydroxylation is 1. The van der Waals surface area contributed by atoms with Crippen molar-refractivity contribution in [3.63, 3.8) is 0 Å². The van der Waals surface area contributed by atoms with E-state index in [0.717, 1.165) is 17.9 Å². The summed E-state index contributed by atoms with van der Waals surface area (Å²) in [5.74, 6) is -0.879. The first kappa shape index (κ1) is 10.7. The van der Waals surface area contributed by atoms with Gasteiger partial charge in [-0.2, -0.15) is 0 Å². The van der Waals surface area contributed by atoms with E-state index in [4.69, 9.17) is 5.11 Å². The molecule has 1 aromatic heterocycles. The van der Waals surface area contributed by atoms with E-state index in [-0.39, 0.29) is 12.3 Å². The number of hydrogen-bond donors (Lipinski definition) is 1. The average Bonchev–Trinajstić information content (AvgIpc) is 2.45. The van der Waals surface area contributed by atoms with Crippen LogP contribution in [0, 0.1) is 6.92 Å². The van der Waals surface area contributed by atoms with Gasteiger partial charge in [0.05, 0.1) is 17.8 Å². The van der Waals surface area contributed by atoms with Crippen molar-refractivity contribution in [1.29, 1.82) is 0 Å². The third kappa shape index (κ3) is 2.10. The lowest BCUT2D eigenvalue weighted by atomic mass is 10.0. The summed E-state index contributed by atoms with van der Waals surface area (Å²) in [5.41, 5.74) is 1.75. The number of aliphatic carboxylic acids is 1. The molecule has 0 fully saturated rings. The SMILES string of the molecule is CCn1nnc(C(C)CC(=O)O)c1C. The zero-order valence-corrected chi connectivity index (χ0v) is 8.69. The Morgan fingerprint density at radius 1 is 1.64 bits per heavy atom. The Balaban J connectivity index is 2.84. The van der Waals surface area contributed by atoms with E-state index >= 15 is 0 Å². The molecule has 1 aromatic rings. The molecule has 0 aromatic carbocycles. The molecule has 0 aliphatic heterocycles. The second kappa shape index (κ2) is 4.21. The molecule has 1 rings (SSSR count). The molecule has 1 heterocycles. The van der Waals surface area contributed by atoms with Crippen LogP contribution in [0.25, 0.3) is 0 Å². The largest absolute Gasteiger partial charge is 0.481 e. The van der Waals surface area contributed by atoms with Crippen LogP contribution in [0.4, 0.5) is 0 Å². The van der Waals surface area contributed by atoms with Gasteiger partial charge in [0.25, 0.3) is 0 Å². The van der Waals surface area contributed by atoms with Crippen LogP contribution in [-0.2, 0) is 11.3 Å². The molecule has 0 saturated carbocycles. The van der Waals surface area contributed by atoms with Crippen LogP contribution in [0.5, 0.6) is 0 Å². The van der Waals surface area contributed by atoms with Gasteiger partial charge < -0.3 is 5.11 Å². The Labute approximate surface area is 82.7 Å². The van der Waals surface area contributed by atoms with Crippen LogP contribution in [0.15, 0.2) is 0 Å². The number of aromatic nitrogens is 3. The van der Waals surface area contributed by atoms with Crippen LogP contribution >= 0.6 is 0 Å². The van der Waals surface area contributed by atoms with Gasteiger partial charge in [0.1, 0.15) is 0 Å². The van der Waals surface area contributed by atoms with Crippen molar-refractivity contribution in [2.24, 2.45) is 0 Å². The first-order valence-corrected chi connectivity index (χ1v) is 4.68. The molecule has 78 valence electrons. The average molecular weight is 197 g/mol. The summed E-state index contributed by atoms with van der Waals surface area (Å²) in [4.78, 5) is 10.5. The van der Waals surface area contributed by atoms with Crippen molar-refractivity contribution in [2.75, 3.05) is 0 Å². The standard InChI is InChI=1S/C9H15N3O2/c1-4-12-7(3)9(10-11-12)6(2)5-8(13)14/h6H,4-5H2,1-3H3,(H,13,14). The van der Waals surface area contributed by atoms with Gasteiger partial charge >= 0.3 is 5.97 Å². The van der Waals surface area contributed by atoms with Gasteiger partial charge in [0.15, 0.2) is 0 Å². The number of rotatable bonds is 4. The van der Waals surface area contributed by atoms with Gasteiger partial charge in [-0.25, -0.2) is 4.68 Å². The molecule has 1 N–H and O–H groups in total. The fraction of sp³-hybridized carbons (Fsp3) is 0.667. The molecule has 1 atom stereocenters. The van der Waals surface area contributed by atoms with E-state index in [1.54, 1.807) is 4.68 Å².